The standard InChI is InChI=1S/C9H11N3O2/c13-8-2-1-6(8)12-9(14)7-3-4-10-5-11-7/h3-6,8,13H,1-2H2,(H,12,14)/t6-,8-/m1/s1. The third-order valence-corrected chi connectivity index (χ3v) is 2.37. The molecule has 1 heterocycles. The molecule has 1 amide bonds. The highest BCUT2D eigenvalue weighted by Crippen LogP contribution is 2.19. The number of amides is 1. The Labute approximate surface area is 81.2 Å². The maximum atomic E-state index is 11.5. The molecule has 1 aromatic heterocycles. The van der Waals surface area contributed by atoms with Gasteiger partial charge in [0.1, 0.15) is 12.0 Å². The van der Waals surface area contributed by atoms with Crippen molar-refractivity contribution in [2.75, 3.05) is 0 Å². The van der Waals surface area contributed by atoms with Gasteiger partial charge in [-0.1, -0.05) is 0 Å². The second kappa shape index (κ2) is 3.71. The Morgan fingerprint density at radius 3 is 2.93 bits per heavy atom. The zero-order chi connectivity index (χ0) is 9.97. The lowest BCUT2D eigenvalue weighted by atomic mass is 9.89. The zero-order valence-electron chi connectivity index (χ0n) is 7.55. The lowest BCUT2D eigenvalue weighted by molar-refractivity contribution is 0.0445. The molecule has 0 bridgehead atoms. The highest BCUT2D eigenvalue weighted by atomic mass is 16.3. The Balaban J connectivity index is 1.96. The van der Waals surface area contributed by atoms with E-state index in [9.17, 15) is 9.90 Å². The van der Waals surface area contributed by atoms with Crippen LogP contribution in [0.2, 0.25) is 0 Å². The van der Waals surface area contributed by atoms with E-state index in [0.717, 1.165) is 12.8 Å². The van der Waals surface area contributed by atoms with E-state index in [1.807, 2.05) is 0 Å². The van der Waals surface area contributed by atoms with Crippen LogP contribution in [0.4, 0.5) is 0 Å². The Kier molecular flexibility index (Phi) is 2.41. The topological polar surface area (TPSA) is 75.1 Å². The minimum atomic E-state index is -0.402. The summed E-state index contributed by atoms with van der Waals surface area (Å²) in [6.45, 7) is 0. The number of carbonyl (C=O) groups excluding carboxylic acids is 1. The smallest absolute Gasteiger partial charge is 0.270 e. The predicted octanol–water partition coefficient (Wildman–Crippen LogP) is -0.270. The maximum Gasteiger partial charge on any atom is 0.270 e. The van der Waals surface area contributed by atoms with Crippen LogP contribution in [0.1, 0.15) is 23.3 Å². The van der Waals surface area contributed by atoms with Crippen molar-refractivity contribution in [3.8, 4) is 0 Å². The molecule has 0 spiro atoms. The fraction of sp³-hybridized carbons (Fsp3) is 0.444. The summed E-state index contributed by atoms with van der Waals surface area (Å²) in [6.07, 6.45) is 4.03. The van der Waals surface area contributed by atoms with Gasteiger partial charge in [-0.2, -0.15) is 0 Å². The van der Waals surface area contributed by atoms with Crippen molar-refractivity contribution >= 4 is 5.91 Å². The van der Waals surface area contributed by atoms with Crippen LogP contribution in [0.5, 0.6) is 0 Å². The second-order valence-corrected chi connectivity index (χ2v) is 3.32. The zero-order valence-corrected chi connectivity index (χ0v) is 7.55. The third-order valence-electron chi connectivity index (χ3n) is 2.37. The number of nitrogens with one attached hydrogen (secondary N) is 1. The number of nitrogens with zero attached hydrogens (tertiary/aromatic N) is 2. The average molecular weight is 193 g/mol. The number of carbonyl (C=O) groups is 1. The molecule has 2 rings (SSSR count). The summed E-state index contributed by atoms with van der Waals surface area (Å²) in [5.74, 6) is -0.254. The van der Waals surface area contributed by atoms with E-state index < -0.39 is 6.10 Å². The van der Waals surface area contributed by atoms with E-state index in [0.29, 0.717) is 5.69 Å². The van der Waals surface area contributed by atoms with E-state index in [-0.39, 0.29) is 11.9 Å². The molecule has 0 aromatic carbocycles. The fourth-order valence-electron chi connectivity index (χ4n) is 1.32. The van der Waals surface area contributed by atoms with Gasteiger partial charge in [-0.25, -0.2) is 9.97 Å². The lowest BCUT2D eigenvalue weighted by Gasteiger charge is -2.32. The minimum Gasteiger partial charge on any atom is -0.391 e. The van der Waals surface area contributed by atoms with Gasteiger partial charge in [-0.05, 0) is 18.9 Å². The first-order valence-electron chi connectivity index (χ1n) is 4.52. The molecule has 0 aliphatic heterocycles. The van der Waals surface area contributed by atoms with Crippen LogP contribution in [0.3, 0.4) is 0 Å². The maximum absolute atomic E-state index is 11.5. The van der Waals surface area contributed by atoms with E-state index in [4.69, 9.17) is 0 Å². The number of aromatic nitrogens is 2. The van der Waals surface area contributed by atoms with Crippen LogP contribution in [-0.2, 0) is 0 Å². The number of rotatable bonds is 2. The monoisotopic (exact) mass is 193 g/mol. The number of aliphatic hydroxyl groups excluding tert-OH is 1. The summed E-state index contributed by atoms with van der Waals surface area (Å²) >= 11 is 0. The first-order valence-corrected chi connectivity index (χ1v) is 4.52. The van der Waals surface area contributed by atoms with Gasteiger partial charge in [0.15, 0.2) is 0 Å². The van der Waals surface area contributed by atoms with Crippen LogP contribution in [-0.4, -0.2) is 33.1 Å². The molecule has 2 atom stereocenters. The molecule has 5 nitrogen and oxygen atoms in total. The van der Waals surface area contributed by atoms with Crippen LogP contribution >= 0.6 is 0 Å². The van der Waals surface area contributed by atoms with Gasteiger partial charge in [-0.3, -0.25) is 4.79 Å². The summed E-state index contributed by atoms with van der Waals surface area (Å²) in [4.78, 5) is 19.0. The van der Waals surface area contributed by atoms with Crippen LogP contribution in [0.15, 0.2) is 18.6 Å². The average Bonchev–Trinajstić information content (AvgIpc) is 2.24. The second-order valence-electron chi connectivity index (χ2n) is 3.32. The van der Waals surface area contributed by atoms with Crippen molar-refractivity contribution in [3.63, 3.8) is 0 Å². The van der Waals surface area contributed by atoms with Gasteiger partial charge < -0.3 is 10.4 Å². The number of aliphatic hydroxyl groups is 1. The highest BCUT2D eigenvalue weighted by molar-refractivity contribution is 5.92. The van der Waals surface area contributed by atoms with Gasteiger partial charge in [0, 0.05) is 6.20 Å². The Hall–Kier alpha value is -1.49. The van der Waals surface area contributed by atoms with Crippen molar-refractivity contribution in [1.82, 2.24) is 15.3 Å². The molecule has 2 N–H and O–H groups in total. The van der Waals surface area contributed by atoms with Gasteiger partial charge in [-0.15, -0.1) is 0 Å². The first-order chi connectivity index (χ1) is 6.77. The molecule has 1 aromatic rings. The van der Waals surface area contributed by atoms with Gasteiger partial charge >= 0.3 is 0 Å². The molecule has 14 heavy (non-hydrogen) atoms. The molecule has 0 saturated heterocycles. The summed E-state index contributed by atoms with van der Waals surface area (Å²) in [5.41, 5.74) is 0.333. The Morgan fingerprint density at radius 1 is 1.57 bits per heavy atom. The quantitative estimate of drug-likeness (QED) is 0.678. The lowest BCUT2D eigenvalue weighted by Crippen LogP contribution is -2.50. The van der Waals surface area contributed by atoms with E-state index >= 15 is 0 Å². The van der Waals surface area contributed by atoms with Crippen LogP contribution in [0.25, 0.3) is 0 Å². The molecule has 74 valence electrons. The van der Waals surface area contributed by atoms with E-state index in [1.165, 1.54) is 12.5 Å². The fourth-order valence-corrected chi connectivity index (χ4v) is 1.32. The number of hydrogen-bond donors (Lipinski definition) is 2. The SMILES string of the molecule is O=C(N[C@@H]1CC[C@H]1O)c1ccncn1. The van der Waals surface area contributed by atoms with Crippen molar-refractivity contribution in [3.05, 3.63) is 24.3 Å². The van der Waals surface area contributed by atoms with Crippen molar-refractivity contribution in [2.45, 2.75) is 25.0 Å². The normalized spacial score (nSPS) is 25.2. The predicted molar refractivity (Wildman–Crippen MR) is 48.5 cm³/mol. The van der Waals surface area contributed by atoms with Crippen LogP contribution in [0, 0.1) is 0 Å². The van der Waals surface area contributed by atoms with Gasteiger partial charge in [0.2, 0.25) is 0 Å². The minimum absolute atomic E-state index is 0.113. The molecule has 0 unspecified atom stereocenters. The molecule has 1 aliphatic carbocycles. The third kappa shape index (κ3) is 1.72. The van der Waals surface area contributed by atoms with Crippen molar-refractivity contribution in [1.29, 1.82) is 0 Å². The molecule has 1 aliphatic rings. The van der Waals surface area contributed by atoms with E-state index in [1.54, 1.807) is 6.07 Å². The van der Waals surface area contributed by atoms with Crippen molar-refractivity contribution in [2.24, 2.45) is 0 Å². The van der Waals surface area contributed by atoms with Gasteiger partial charge in [0.25, 0.3) is 5.91 Å². The van der Waals surface area contributed by atoms with Crippen molar-refractivity contribution < 1.29 is 9.90 Å². The molecule has 1 fully saturated rings. The summed E-state index contributed by atoms with van der Waals surface area (Å²) in [5, 5.41) is 12.0. The molecule has 0 radical (unpaired) electrons. The van der Waals surface area contributed by atoms with Gasteiger partial charge in [0.05, 0.1) is 12.1 Å². The summed E-state index contributed by atoms with van der Waals surface area (Å²) in [7, 11) is 0. The van der Waals surface area contributed by atoms with E-state index in [2.05, 4.69) is 15.3 Å². The molecule has 5 heteroatoms. The Morgan fingerprint density at radius 2 is 2.43 bits per heavy atom. The number of hydrogen-bond acceptors (Lipinski definition) is 4. The Bertz CT molecular complexity index is 328. The van der Waals surface area contributed by atoms with Crippen LogP contribution < -0.4 is 5.32 Å². The first kappa shape index (κ1) is 9.08. The molecule has 1 saturated carbocycles. The molecular weight excluding hydrogens is 182 g/mol. The summed E-state index contributed by atoms with van der Waals surface area (Å²) in [6, 6.07) is 1.43. The summed E-state index contributed by atoms with van der Waals surface area (Å²) < 4.78 is 0. The largest absolute Gasteiger partial charge is 0.391 e. The highest BCUT2D eigenvalue weighted by Gasteiger charge is 2.30. The molecular formula is C9H11N3O2.